The van der Waals surface area contributed by atoms with Crippen LogP contribution >= 0.6 is 11.6 Å². The number of nitrogens with zero attached hydrogens (tertiary/aromatic N) is 2. The molecule has 0 unspecified atom stereocenters. The molecule has 102 valence electrons. The summed E-state index contributed by atoms with van der Waals surface area (Å²) in [7, 11) is -2.08. The minimum Gasteiger partial charge on any atom is -0.399 e. The number of nitrogens with two attached hydrogens (primary N) is 1. The van der Waals surface area contributed by atoms with Crippen molar-refractivity contribution in [3.63, 3.8) is 0 Å². The summed E-state index contributed by atoms with van der Waals surface area (Å²) in [5.41, 5.74) is 6.89. The van der Waals surface area contributed by atoms with Crippen molar-refractivity contribution in [2.75, 3.05) is 10.5 Å². The number of hydrogen-bond donors (Lipinski definition) is 2. The quantitative estimate of drug-likeness (QED) is 0.845. The molecule has 2 aromatic rings. The van der Waals surface area contributed by atoms with Crippen molar-refractivity contribution in [1.82, 2.24) is 9.78 Å². The smallest absolute Gasteiger partial charge is 0.263 e. The van der Waals surface area contributed by atoms with E-state index < -0.39 is 10.0 Å². The Morgan fingerprint density at radius 1 is 1.42 bits per heavy atom. The lowest BCUT2D eigenvalue weighted by molar-refractivity contribution is 0.601. The Kier molecular flexibility index (Phi) is 3.42. The van der Waals surface area contributed by atoms with Gasteiger partial charge in [-0.3, -0.25) is 9.40 Å². The van der Waals surface area contributed by atoms with E-state index >= 15 is 0 Å². The summed E-state index contributed by atoms with van der Waals surface area (Å²) in [5, 5.41) is 4.18. The third-order valence-electron chi connectivity index (χ3n) is 2.50. The van der Waals surface area contributed by atoms with Crippen molar-refractivity contribution in [2.45, 2.75) is 11.8 Å². The molecule has 0 bridgehead atoms. The lowest BCUT2D eigenvalue weighted by atomic mass is 10.3. The zero-order valence-corrected chi connectivity index (χ0v) is 12.0. The van der Waals surface area contributed by atoms with Crippen molar-refractivity contribution >= 4 is 33.0 Å². The molecule has 3 N–H and O–H groups in total. The first-order chi connectivity index (χ1) is 8.79. The van der Waals surface area contributed by atoms with Gasteiger partial charge < -0.3 is 5.73 Å². The number of aryl methyl sites for hydroxylation is 2. The molecule has 0 spiro atoms. The molecule has 0 saturated carbocycles. The van der Waals surface area contributed by atoms with Crippen molar-refractivity contribution in [1.29, 1.82) is 0 Å². The van der Waals surface area contributed by atoms with Crippen LogP contribution in [0.3, 0.4) is 0 Å². The van der Waals surface area contributed by atoms with Crippen LogP contribution in [-0.4, -0.2) is 18.2 Å². The second kappa shape index (κ2) is 4.75. The molecule has 0 saturated heterocycles. The van der Waals surface area contributed by atoms with Gasteiger partial charge in [-0.25, -0.2) is 8.42 Å². The van der Waals surface area contributed by atoms with Gasteiger partial charge >= 0.3 is 0 Å². The Labute approximate surface area is 116 Å². The minimum absolute atomic E-state index is 0.0579. The van der Waals surface area contributed by atoms with Crippen LogP contribution in [0.25, 0.3) is 0 Å². The predicted octanol–water partition coefficient (Wildman–Crippen LogP) is 1.76. The van der Waals surface area contributed by atoms with Crippen LogP contribution in [0.2, 0.25) is 5.02 Å². The van der Waals surface area contributed by atoms with Crippen LogP contribution in [0.15, 0.2) is 29.3 Å². The third-order valence-corrected chi connectivity index (χ3v) is 4.35. The Hall–Kier alpha value is -1.73. The zero-order chi connectivity index (χ0) is 14.2. The van der Waals surface area contributed by atoms with E-state index in [-0.39, 0.29) is 9.92 Å². The van der Waals surface area contributed by atoms with Gasteiger partial charge in [-0.1, -0.05) is 11.6 Å². The molecule has 1 aromatic carbocycles. The first-order valence-corrected chi connectivity index (χ1v) is 7.24. The number of sulfonamides is 1. The fourth-order valence-corrected chi connectivity index (χ4v) is 3.26. The Morgan fingerprint density at radius 3 is 2.68 bits per heavy atom. The molecular weight excluding hydrogens is 288 g/mol. The van der Waals surface area contributed by atoms with Gasteiger partial charge in [0.15, 0.2) is 0 Å². The first kappa shape index (κ1) is 13.7. The highest BCUT2D eigenvalue weighted by molar-refractivity contribution is 7.92. The number of hydrogen-bond acceptors (Lipinski definition) is 4. The monoisotopic (exact) mass is 300 g/mol. The van der Waals surface area contributed by atoms with E-state index in [4.69, 9.17) is 17.3 Å². The van der Waals surface area contributed by atoms with Crippen LogP contribution in [-0.2, 0) is 17.1 Å². The number of rotatable bonds is 3. The van der Waals surface area contributed by atoms with Gasteiger partial charge in [-0.05, 0) is 25.1 Å². The van der Waals surface area contributed by atoms with Gasteiger partial charge in [0, 0.05) is 18.9 Å². The summed E-state index contributed by atoms with van der Waals surface area (Å²) >= 11 is 5.90. The van der Waals surface area contributed by atoms with Crippen LogP contribution < -0.4 is 10.5 Å². The van der Waals surface area contributed by atoms with Crippen LogP contribution in [0.4, 0.5) is 11.4 Å². The van der Waals surface area contributed by atoms with E-state index in [0.29, 0.717) is 17.1 Å². The van der Waals surface area contributed by atoms with E-state index in [2.05, 4.69) is 9.82 Å². The van der Waals surface area contributed by atoms with Gasteiger partial charge in [0.1, 0.15) is 4.90 Å². The predicted molar refractivity (Wildman–Crippen MR) is 74.6 cm³/mol. The van der Waals surface area contributed by atoms with Crippen molar-refractivity contribution < 1.29 is 8.42 Å². The van der Waals surface area contributed by atoms with Crippen LogP contribution in [0.1, 0.15) is 5.69 Å². The van der Waals surface area contributed by atoms with Gasteiger partial charge in [-0.15, -0.1) is 0 Å². The van der Waals surface area contributed by atoms with Crippen LogP contribution in [0, 0.1) is 6.92 Å². The average molecular weight is 301 g/mol. The average Bonchev–Trinajstić information content (AvgIpc) is 2.60. The molecule has 0 radical (unpaired) electrons. The Bertz CT molecular complexity index is 724. The molecule has 0 fully saturated rings. The topological polar surface area (TPSA) is 90.0 Å². The number of nitrogen functional groups attached to an aromatic ring is 1. The normalized spacial score (nSPS) is 11.5. The molecule has 6 nitrogen and oxygen atoms in total. The highest BCUT2D eigenvalue weighted by atomic mass is 35.5. The molecule has 0 aliphatic heterocycles. The van der Waals surface area contributed by atoms with Crippen molar-refractivity contribution in [2.24, 2.45) is 7.05 Å². The lowest BCUT2D eigenvalue weighted by Crippen LogP contribution is -2.14. The van der Waals surface area contributed by atoms with Gasteiger partial charge in [0.05, 0.1) is 16.4 Å². The second-order valence-electron chi connectivity index (χ2n) is 4.10. The summed E-state index contributed by atoms with van der Waals surface area (Å²) in [5.74, 6) is 0. The molecule has 1 aromatic heterocycles. The highest BCUT2D eigenvalue weighted by Gasteiger charge is 2.20. The lowest BCUT2D eigenvalue weighted by Gasteiger charge is -2.09. The Balaban J connectivity index is 2.43. The molecule has 2 rings (SSSR count). The van der Waals surface area contributed by atoms with E-state index in [1.165, 1.54) is 22.9 Å². The number of halogens is 1. The van der Waals surface area contributed by atoms with E-state index in [1.54, 1.807) is 20.2 Å². The van der Waals surface area contributed by atoms with Gasteiger partial charge in [-0.2, -0.15) is 5.10 Å². The summed E-state index contributed by atoms with van der Waals surface area (Å²) < 4.78 is 28.5. The summed E-state index contributed by atoms with van der Waals surface area (Å²) in [6, 6.07) is 4.30. The van der Waals surface area contributed by atoms with Crippen molar-refractivity contribution in [3.8, 4) is 0 Å². The fourth-order valence-electron chi connectivity index (χ4n) is 1.63. The maximum atomic E-state index is 12.2. The molecule has 0 atom stereocenters. The molecule has 0 amide bonds. The maximum absolute atomic E-state index is 12.2. The second-order valence-corrected chi connectivity index (χ2v) is 6.16. The molecule has 19 heavy (non-hydrogen) atoms. The summed E-state index contributed by atoms with van der Waals surface area (Å²) in [6.07, 6.45) is 1.58. The van der Waals surface area contributed by atoms with E-state index in [9.17, 15) is 8.42 Å². The SMILES string of the molecule is Cc1nn(C)cc1NS(=O)(=O)c1cc(N)ccc1Cl. The largest absolute Gasteiger partial charge is 0.399 e. The van der Waals surface area contributed by atoms with Crippen LogP contribution in [0.5, 0.6) is 0 Å². The standard InChI is InChI=1S/C11H13ClN4O2S/c1-7-10(6-16(2)14-7)15-19(17,18)11-5-8(13)3-4-9(11)12/h3-6,15H,13H2,1-2H3. The number of aromatic nitrogens is 2. The first-order valence-electron chi connectivity index (χ1n) is 5.37. The zero-order valence-electron chi connectivity index (χ0n) is 10.4. The van der Waals surface area contributed by atoms with E-state index in [0.717, 1.165) is 0 Å². The Morgan fingerprint density at radius 2 is 2.11 bits per heavy atom. The number of anilines is 2. The maximum Gasteiger partial charge on any atom is 0.263 e. The number of benzene rings is 1. The van der Waals surface area contributed by atoms with Crippen molar-refractivity contribution in [3.05, 3.63) is 35.1 Å². The molecule has 8 heteroatoms. The van der Waals surface area contributed by atoms with Gasteiger partial charge in [0.25, 0.3) is 10.0 Å². The highest BCUT2D eigenvalue weighted by Crippen LogP contribution is 2.26. The fraction of sp³-hybridized carbons (Fsp3) is 0.182. The summed E-state index contributed by atoms with van der Waals surface area (Å²) in [4.78, 5) is -0.0579. The molecule has 0 aliphatic carbocycles. The number of nitrogens with one attached hydrogen (secondary N) is 1. The van der Waals surface area contributed by atoms with E-state index in [1.807, 2.05) is 0 Å². The van der Waals surface area contributed by atoms with Gasteiger partial charge in [0.2, 0.25) is 0 Å². The molecule has 1 heterocycles. The summed E-state index contributed by atoms with van der Waals surface area (Å²) in [6.45, 7) is 1.71. The third kappa shape index (κ3) is 2.82. The minimum atomic E-state index is -3.79. The molecule has 0 aliphatic rings. The molecular formula is C11H13ClN4O2S.